The molecular weight excluding hydrogens is 410 g/mol. The van der Waals surface area contributed by atoms with E-state index in [1.54, 1.807) is 31.4 Å². The van der Waals surface area contributed by atoms with E-state index in [-0.39, 0.29) is 17.7 Å². The SMILES string of the molecule is COc1ccc(C(=O)Nc2nc3c(s2)CCC[C@H]3C(=O)NCCc2ccccc2)cc1. The zero-order chi connectivity index (χ0) is 21.6. The van der Waals surface area contributed by atoms with Crippen LogP contribution in [0.15, 0.2) is 54.6 Å². The molecule has 7 heteroatoms. The van der Waals surface area contributed by atoms with Gasteiger partial charge in [-0.15, -0.1) is 11.3 Å². The van der Waals surface area contributed by atoms with Crippen molar-refractivity contribution in [2.24, 2.45) is 0 Å². The average Bonchev–Trinajstić information content (AvgIpc) is 3.22. The zero-order valence-corrected chi connectivity index (χ0v) is 18.2. The number of aryl methyl sites for hydroxylation is 1. The van der Waals surface area contributed by atoms with Crippen LogP contribution in [-0.2, 0) is 17.6 Å². The molecule has 0 saturated heterocycles. The van der Waals surface area contributed by atoms with Gasteiger partial charge >= 0.3 is 0 Å². The van der Waals surface area contributed by atoms with Crippen molar-refractivity contribution in [3.8, 4) is 5.75 Å². The maximum atomic E-state index is 12.8. The second-order valence-electron chi connectivity index (χ2n) is 7.48. The number of amides is 2. The van der Waals surface area contributed by atoms with E-state index in [0.717, 1.165) is 36.3 Å². The van der Waals surface area contributed by atoms with Crippen molar-refractivity contribution >= 4 is 28.3 Å². The summed E-state index contributed by atoms with van der Waals surface area (Å²) in [5, 5.41) is 6.46. The van der Waals surface area contributed by atoms with E-state index in [1.165, 1.54) is 16.9 Å². The van der Waals surface area contributed by atoms with Gasteiger partial charge in [0.2, 0.25) is 5.91 Å². The molecule has 4 rings (SSSR count). The number of aromatic nitrogens is 1. The number of fused-ring (bicyclic) bond motifs is 1. The summed E-state index contributed by atoms with van der Waals surface area (Å²) in [7, 11) is 1.59. The number of thiazole rings is 1. The van der Waals surface area contributed by atoms with Crippen LogP contribution in [0.25, 0.3) is 0 Å². The van der Waals surface area contributed by atoms with Crippen LogP contribution in [0.4, 0.5) is 5.13 Å². The lowest BCUT2D eigenvalue weighted by Crippen LogP contribution is -2.32. The lowest BCUT2D eigenvalue weighted by molar-refractivity contribution is -0.122. The first-order valence-corrected chi connectivity index (χ1v) is 11.2. The molecule has 1 aromatic heterocycles. The molecule has 1 aliphatic carbocycles. The van der Waals surface area contributed by atoms with Crippen LogP contribution in [0.3, 0.4) is 0 Å². The Morgan fingerprint density at radius 3 is 2.65 bits per heavy atom. The third kappa shape index (κ3) is 5.11. The van der Waals surface area contributed by atoms with Crippen LogP contribution in [0.2, 0.25) is 0 Å². The molecule has 31 heavy (non-hydrogen) atoms. The molecule has 0 spiro atoms. The van der Waals surface area contributed by atoms with E-state index in [2.05, 4.69) is 27.8 Å². The van der Waals surface area contributed by atoms with Crippen molar-refractivity contribution in [2.45, 2.75) is 31.6 Å². The van der Waals surface area contributed by atoms with E-state index in [4.69, 9.17) is 4.74 Å². The highest BCUT2D eigenvalue weighted by molar-refractivity contribution is 7.16. The largest absolute Gasteiger partial charge is 0.497 e. The topological polar surface area (TPSA) is 80.3 Å². The minimum absolute atomic E-state index is 0.00946. The molecule has 2 amide bonds. The van der Waals surface area contributed by atoms with E-state index in [9.17, 15) is 9.59 Å². The number of anilines is 1. The molecule has 0 bridgehead atoms. The van der Waals surface area contributed by atoms with Crippen LogP contribution in [-0.4, -0.2) is 30.5 Å². The van der Waals surface area contributed by atoms with Gasteiger partial charge in [0.15, 0.2) is 5.13 Å². The van der Waals surface area contributed by atoms with Crippen molar-refractivity contribution in [1.82, 2.24) is 10.3 Å². The van der Waals surface area contributed by atoms with Gasteiger partial charge in [-0.3, -0.25) is 14.9 Å². The van der Waals surface area contributed by atoms with Crippen LogP contribution in [0.1, 0.15) is 45.3 Å². The van der Waals surface area contributed by atoms with E-state index in [1.807, 2.05) is 18.2 Å². The number of rotatable bonds is 7. The van der Waals surface area contributed by atoms with Gasteiger partial charge in [-0.2, -0.15) is 0 Å². The lowest BCUT2D eigenvalue weighted by Gasteiger charge is -2.20. The Hall–Kier alpha value is -3.19. The molecule has 0 saturated carbocycles. The van der Waals surface area contributed by atoms with Crippen molar-refractivity contribution in [3.05, 3.63) is 76.3 Å². The monoisotopic (exact) mass is 435 g/mol. The number of ether oxygens (including phenoxy) is 1. The first-order valence-electron chi connectivity index (χ1n) is 10.4. The third-order valence-electron chi connectivity index (χ3n) is 5.40. The highest BCUT2D eigenvalue weighted by Crippen LogP contribution is 2.37. The number of nitrogens with zero attached hydrogens (tertiary/aromatic N) is 1. The number of carbonyl (C=O) groups is 2. The fraction of sp³-hybridized carbons (Fsp3) is 0.292. The third-order valence-corrected chi connectivity index (χ3v) is 6.45. The van der Waals surface area contributed by atoms with E-state index < -0.39 is 0 Å². The van der Waals surface area contributed by atoms with Crippen LogP contribution in [0.5, 0.6) is 5.75 Å². The Morgan fingerprint density at radius 1 is 1.13 bits per heavy atom. The van der Waals surface area contributed by atoms with Gasteiger partial charge in [0.05, 0.1) is 18.7 Å². The van der Waals surface area contributed by atoms with Crippen LogP contribution >= 0.6 is 11.3 Å². The molecule has 1 atom stereocenters. The molecule has 0 fully saturated rings. The van der Waals surface area contributed by atoms with Gasteiger partial charge in [0.25, 0.3) is 5.91 Å². The number of hydrogen-bond donors (Lipinski definition) is 2. The van der Waals surface area contributed by atoms with Gasteiger partial charge in [0.1, 0.15) is 5.75 Å². The summed E-state index contributed by atoms with van der Waals surface area (Å²) in [5.74, 6) is 0.220. The van der Waals surface area contributed by atoms with Gasteiger partial charge in [-0.25, -0.2) is 4.98 Å². The van der Waals surface area contributed by atoms with Crippen molar-refractivity contribution in [1.29, 1.82) is 0 Å². The van der Waals surface area contributed by atoms with Crippen LogP contribution < -0.4 is 15.4 Å². The predicted octanol–water partition coefficient (Wildman–Crippen LogP) is 4.18. The average molecular weight is 436 g/mol. The van der Waals surface area contributed by atoms with Gasteiger partial charge in [-0.1, -0.05) is 30.3 Å². The summed E-state index contributed by atoms with van der Waals surface area (Å²) in [6.45, 7) is 0.597. The number of hydrogen-bond acceptors (Lipinski definition) is 5. The van der Waals surface area contributed by atoms with Gasteiger partial charge in [-0.05, 0) is 55.5 Å². The first kappa shape index (κ1) is 21.1. The maximum absolute atomic E-state index is 12.8. The number of methoxy groups -OCH3 is 1. The first-order chi connectivity index (χ1) is 15.1. The molecule has 0 aliphatic heterocycles. The summed E-state index contributed by atoms with van der Waals surface area (Å²) in [4.78, 5) is 31.1. The second kappa shape index (κ2) is 9.75. The summed E-state index contributed by atoms with van der Waals surface area (Å²) in [6.07, 6.45) is 3.41. The smallest absolute Gasteiger partial charge is 0.257 e. The van der Waals surface area contributed by atoms with Crippen molar-refractivity contribution in [3.63, 3.8) is 0 Å². The molecule has 6 nitrogen and oxygen atoms in total. The highest BCUT2D eigenvalue weighted by atomic mass is 32.1. The minimum Gasteiger partial charge on any atom is -0.497 e. The molecule has 3 aromatic rings. The van der Waals surface area contributed by atoms with E-state index in [0.29, 0.717) is 23.0 Å². The summed E-state index contributed by atoms with van der Waals surface area (Å²) in [5.41, 5.74) is 2.53. The quantitative estimate of drug-likeness (QED) is 0.583. The maximum Gasteiger partial charge on any atom is 0.257 e. The van der Waals surface area contributed by atoms with Crippen LogP contribution in [0, 0.1) is 0 Å². The highest BCUT2D eigenvalue weighted by Gasteiger charge is 2.30. The molecule has 2 N–H and O–H groups in total. The van der Waals surface area contributed by atoms with Gasteiger partial charge < -0.3 is 10.1 Å². The second-order valence-corrected chi connectivity index (χ2v) is 8.57. The van der Waals surface area contributed by atoms with Gasteiger partial charge in [0, 0.05) is 17.0 Å². The van der Waals surface area contributed by atoms with Crippen molar-refractivity contribution < 1.29 is 14.3 Å². The van der Waals surface area contributed by atoms with Crippen molar-refractivity contribution in [2.75, 3.05) is 19.0 Å². The predicted molar refractivity (Wildman–Crippen MR) is 122 cm³/mol. The molecule has 1 heterocycles. The fourth-order valence-electron chi connectivity index (χ4n) is 3.74. The summed E-state index contributed by atoms with van der Waals surface area (Å²) < 4.78 is 5.13. The molecule has 2 aromatic carbocycles. The molecule has 0 radical (unpaired) electrons. The minimum atomic E-state index is -0.262. The Balaban J connectivity index is 1.39. The Labute approximate surface area is 185 Å². The molecule has 1 aliphatic rings. The Kier molecular flexibility index (Phi) is 6.62. The lowest BCUT2D eigenvalue weighted by atomic mass is 9.90. The molecule has 160 valence electrons. The number of nitrogens with one attached hydrogen (secondary N) is 2. The Bertz CT molecular complexity index is 1050. The molecular formula is C24H25N3O3S. The fourth-order valence-corrected chi connectivity index (χ4v) is 4.80. The summed E-state index contributed by atoms with van der Waals surface area (Å²) in [6, 6.07) is 17.0. The zero-order valence-electron chi connectivity index (χ0n) is 17.4. The normalized spacial score (nSPS) is 15.1. The summed E-state index contributed by atoms with van der Waals surface area (Å²) >= 11 is 1.46. The molecule has 0 unspecified atom stereocenters. The van der Waals surface area contributed by atoms with E-state index >= 15 is 0 Å². The Morgan fingerprint density at radius 2 is 1.90 bits per heavy atom. The number of carbonyl (C=O) groups excluding carboxylic acids is 2. The number of benzene rings is 2. The standard InChI is InChI=1S/C24H25N3O3S/c1-30-18-12-10-17(11-13-18)22(28)27-24-26-21-19(8-5-9-20(21)31-24)23(29)25-15-14-16-6-3-2-4-7-16/h2-4,6-7,10-13,19H,5,8-9,14-15H2,1H3,(H,25,29)(H,26,27,28)/t19-/m1/s1.